The van der Waals surface area contributed by atoms with Crippen LogP contribution in [-0.4, -0.2) is 28.6 Å². The molecule has 0 radical (unpaired) electrons. The molecule has 7 heteroatoms. The van der Waals surface area contributed by atoms with E-state index in [4.69, 9.17) is 27.9 Å². The number of aliphatic hydroxyl groups is 1. The third-order valence-corrected chi connectivity index (χ3v) is 4.84. The largest absolute Gasteiger partial charge is 0.485 e. The van der Waals surface area contributed by atoms with Gasteiger partial charge in [0.05, 0.1) is 16.5 Å². The summed E-state index contributed by atoms with van der Waals surface area (Å²) in [4.78, 5) is 12.2. The summed E-state index contributed by atoms with van der Waals surface area (Å²) in [5, 5.41) is 12.9. The van der Waals surface area contributed by atoms with E-state index in [9.17, 15) is 14.3 Å². The van der Waals surface area contributed by atoms with Crippen LogP contribution in [0, 0.1) is 0 Å². The minimum atomic E-state index is -1.16. The van der Waals surface area contributed by atoms with Crippen molar-refractivity contribution in [3.63, 3.8) is 0 Å². The van der Waals surface area contributed by atoms with E-state index >= 15 is 0 Å². The Hall–Kier alpha value is -1.82. The molecule has 3 rings (SSSR count). The van der Waals surface area contributed by atoms with E-state index in [1.807, 2.05) is 12.2 Å². The zero-order valence-electron chi connectivity index (χ0n) is 13.8. The van der Waals surface area contributed by atoms with Crippen molar-refractivity contribution < 1.29 is 19.0 Å². The number of amides is 1. The van der Waals surface area contributed by atoms with E-state index < -0.39 is 17.8 Å². The Labute approximate surface area is 160 Å². The van der Waals surface area contributed by atoms with Crippen LogP contribution in [-0.2, 0) is 4.79 Å². The predicted molar refractivity (Wildman–Crippen MR) is 100 cm³/mol. The monoisotopic (exact) mass is 397 g/mol. The molecule has 3 atom stereocenters. The molecule has 0 saturated carbocycles. The van der Waals surface area contributed by atoms with Gasteiger partial charge in [0.15, 0.2) is 0 Å². The molecule has 138 valence electrons. The lowest BCUT2D eigenvalue weighted by Gasteiger charge is -2.21. The highest BCUT2D eigenvalue weighted by molar-refractivity contribution is 6.32. The van der Waals surface area contributed by atoms with Crippen molar-refractivity contribution in [2.45, 2.75) is 36.8 Å². The summed E-state index contributed by atoms with van der Waals surface area (Å²) in [6, 6.07) is 4.89. The van der Waals surface area contributed by atoms with Crippen molar-refractivity contribution >= 4 is 34.8 Å². The van der Waals surface area contributed by atoms with Gasteiger partial charge in [-0.15, -0.1) is 11.6 Å². The number of carbonyl (C=O) groups excluding carboxylic acids is 1. The maximum absolute atomic E-state index is 13.1. The molecule has 1 aromatic rings. The lowest BCUT2D eigenvalue weighted by molar-refractivity contribution is -0.113. The van der Waals surface area contributed by atoms with Crippen molar-refractivity contribution in [3.05, 3.63) is 58.9 Å². The summed E-state index contributed by atoms with van der Waals surface area (Å²) in [6.45, 7) is 0. The van der Waals surface area contributed by atoms with Crippen molar-refractivity contribution in [1.29, 1.82) is 0 Å². The van der Waals surface area contributed by atoms with Crippen molar-refractivity contribution in [2.75, 3.05) is 5.32 Å². The van der Waals surface area contributed by atoms with E-state index in [0.717, 1.165) is 12.8 Å². The number of benzene rings is 1. The molecule has 4 nitrogen and oxygen atoms in total. The summed E-state index contributed by atoms with van der Waals surface area (Å²) < 4.78 is 18.9. The number of nitrogens with one attached hydrogen (secondary N) is 1. The van der Waals surface area contributed by atoms with Crippen LogP contribution in [0.3, 0.4) is 0 Å². The molecule has 2 aliphatic rings. The fourth-order valence-electron chi connectivity index (χ4n) is 2.78. The molecular weight excluding hydrogens is 380 g/mol. The third kappa shape index (κ3) is 4.67. The van der Waals surface area contributed by atoms with E-state index in [0.29, 0.717) is 16.5 Å². The van der Waals surface area contributed by atoms with Crippen molar-refractivity contribution in [2.24, 2.45) is 0 Å². The molecule has 26 heavy (non-hydrogen) atoms. The Bertz CT molecular complexity index is 791. The summed E-state index contributed by atoms with van der Waals surface area (Å²) in [7, 11) is 0. The average Bonchev–Trinajstić information content (AvgIpc) is 2.59. The van der Waals surface area contributed by atoms with Gasteiger partial charge in [0.25, 0.3) is 5.91 Å². The number of allylic oxidation sites excluding steroid dienone is 3. The van der Waals surface area contributed by atoms with Gasteiger partial charge in [-0.25, -0.2) is 4.39 Å². The predicted octanol–water partition coefficient (Wildman–Crippen LogP) is 4.53. The van der Waals surface area contributed by atoms with Crippen LogP contribution in [0.1, 0.15) is 19.3 Å². The fraction of sp³-hybridized carbons (Fsp3) is 0.316. The van der Waals surface area contributed by atoms with Crippen LogP contribution < -0.4 is 10.1 Å². The molecule has 0 fully saturated rings. The topological polar surface area (TPSA) is 58.6 Å². The van der Waals surface area contributed by atoms with Gasteiger partial charge >= 0.3 is 0 Å². The van der Waals surface area contributed by atoms with Gasteiger partial charge in [-0.2, -0.15) is 0 Å². The van der Waals surface area contributed by atoms with Crippen LogP contribution >= 0.6 is 23.2 Å². The Morgan fingerprint density at radius 1 is 1.27 bits per heavy atom. The second-order valence-corrected chi connectivity index (χ2v) is 7.16. The minimum absolute atomic E-state index is 0.0377. The van der Waals surface area contributed by atoms with Gasteiger partial charge in [-0.3, -0.25) is 4.79 Å². The maximum atomic E-state index is 13.1. The van der Waals surface area contributed by atoms with E-state index in [1.165, 1.54) is 12.2 Å². The van der Waals surface area contributed by atoms with Crippen LogP contribution in [0.15, 0.2) is 53.9 Å². The molecule has 0 heterocycles. The van der Waals surface area contributed by atoms with Gasteiger partial charge in [-0.05, 0) is 49.3 Å². The molecule has 0 spiro atoms. The van der Waals surface area contributed by atoms with Crippen molar-refractivity contribution in [3.8, 4) is 5.75 Å². The van der Waals surface area contributed by atoms with Crippen LogP contribution in [0.4, 0.5) is 10.1 Å². The highest BCUT2D eigenvalue weighted by Crippen LogP contribution is 2.31. The number of ether oxygens (including phenoxy) is 1. The lowest BCUT2D eigenvalue weighted by Crippen LogP contribution is -2.25. The first kappa shape index (κ1) is 19.0. The lowest BCUT2D eigenvalue weighted by atomic mass is 10.0. The van der Waals surface area contributed by atoms with Gasteiger partial charge in [0.2, 0.25) is 0 Å². The molecule has 2 N–H and O–H groups in total. The van der Waals surface area contributed by atoms with Crippen molar-refractivity contribution in [1.82, 2.24) is 0 Å². The van der Waals surface area contributed by atoms with Crippen LogP contribution in [0.25, 0.3) is 0 Å². The van der Waals surface area contributed by atoms with Gasteiger partial charge < -0.3 is 15.2 Å². The third-order valence-electron chi connectivity index (χ3n) is 4.18. The van der Waals surface area contributed by atoms with Gasteiger partial charge in [-0.1, -0.05) is 17.7 Å². The Morgan fingerprint density at radius 3 is 2.73 bits per heavy atom. The highest BCUT2D eigenvalue weighted by atomic mass is 35.5. The minimum Gasteiger partial charge on any atom is -0.485 e. The number of halogens is 3. The molecule has 1 amide bonds. The molecule has 0 saturated heterocycles. The highest BCUT2D eigenvalue weighted by Gasteiger charge is 2.23. The second-order valence-electron chi connectivity index (χ2n) is 6.19. The van der Waals surface area contributed by atoms with E-state index in [2.05, 4.69) is 5.32 Å². The van der Waals surface area contributed by atoms with Crippen LogP contribution in [0.5, 0.6) is 5.75 Å². The Balaban J connectivity index is 1.66. The standard InChI is InChI=1S/C19H18Cl2FNO3/c20-11-1-5-14(6-2-11)26-18-8-4-13(10-16(18)21)23-19(25)15-7-3-12(22)9-17(15)24/h1,3-5,7-8,10-11,14,17,24H,2,6,9H2,(H,23,25). The fourth-order valence-corrected chi connectivity index (χ4v) is 3.22. The molecule has 0 aliphatic heterocycles. The zero-order chi connectivity index (χ0) is 18.7. The Kier molecular flexibility index (Phi) is 6.01. The second kappa shape index (κ2) is 8.25. The van der Waals surface area contributed by atoms with Gasteiger partial charge in [0, 0.05) is 17.7 Å². The molecule has 2 aliphatic carbocycles. The Morgan fingerprint density at radius 2 is 2.08 bits per heavy atom. The number of hydrogen-bond acceptors (Lipinski definition) is 3. The number of hydrogen-bond donors (Lipinski definition) is 2. The van der Waals surface area contributed by atoms with E-state index in [1.54, 1.807) is 18.2 Å². The number of alkyl halides is 1. The first-order valence-electron chi connectivity index (χ1n) is 8.26. The summed E-state index contributed by atoms with van der Waals surface area (Å²) in [5.41, 5.74) is 0.557. The normalized spacial score (nSPS) is 25.3. The number of rotatable bonds is 4. The summed E-state index contributed by atoms with van der Waals surface area (Å²) >= 11 is 12.3. The van der Waals surface area contributed by atoms with E-state index in [-0.39, 0.29) is 23.5 Å². The molecular formula is C19H18Cl2FNO3. The number of carbonyl (C=O) groups is 1. The molecule has 1 aromatic carbocycles. The summed E-state index contributed by atoms with van der Waals surface area (Å²) in [6.07, 6.45) is 6.44. The van der Waals surface area contributed by atoms with Crippen LogP contribution in [0.2, 0.25) is 5.02 Å². The average molecular weight is 398 g/mol. The van der Waals surface area contributed by atoms with Gasteiger partial charge in [0.1, 0.15) is 17.7 Å². The molecule has 0 bridgehead atoms. The number of aliphatic hydroxyl groups excluding tert-OH is 1. The maximum Gasteiger partial charge on any atom is 0.254 e. The summed E-state index contributed by atoms with van der Waals surface area (Å²) in [5.74, 6) is -0.459. The zero-order valence-corrected chi connectivity index (χ0v) is 15.3. The first-order chi connectivity index (χ1) is 12.4. The smallest absolute Gasteiger partial charge is 0.254 e. The number of anilines is 1. The molecule has 3 unspecified atom stereocenters. The quantitative estimate of drug-likeness (QED) is 0.579. The molecule has 0 aromatic heterocycles. The SMILES string of the molecule is O=C(Nc1ccc(OC2C=CC(Cl)CC2)c(Cl)c1)C1=CC=C(F)CC1O. The first-order valence-corrected chi connectivity index (χ1v) is 9.08.